The van der Waals surface area contributed by atoms with Crippen LogP contribution in [0.1, 0.15) is 22.3 Å². The molecule has 0 radical (unpaired) electrons. The molecule has 0 aliphatic heterocycles. The molecule has 0 amide bonds. The molecule has 1 aromatic heterocycles. The number of para-hydroxylation sites is 1. The Balaban J connectivity index is 0.959. The molecular formula is C67H41NO. The van der Waals surface area contributed by atoms with E-state index in [1.54, 1.807) is 0 Å². The van der Waals surface area contributed by atoms with Gasteiger partial charge in [-0.3, -0.25) is 0 Å². The number of rotatable bonds is 5. The Morgan fingerprint density at radius 1 is 0.275 bits per heavy atom. The normalized spacial score (nSPS) is 13.0. The third-order valence-corrected chi connectivity index (χ3v) is 15.2. The van der Waals surface area contributed by atoms with E-state index in [1.807, 2.05) is 0 Å². The minimum atomic E-state index is -0.473. The van der Waals surface area contributed by atoms with Crippen molar-refractivity contribution in [3.63, 3.8) is 0 Å². The summed E-state index contributed by atoms with van der Waals surface area (Å²) in [5.74, 6) is 0. The summed E-state index contributed by atoms with van der Waals surface area (Å²) in [5.41, 5.74) is 19.7. The van der Waals surface area contributed by atoms with Gasteiger partial charge in [-0.15, -0.1) is 0 Å². The highest BCUT2D eigenvalue weighted by Gasteiger charge is 2.51. The molecular weight excluding hydrogens is 835 g/mol. The summed E-state index contributed by atoms with van der Waals surface area (Å²) in [6.45, 7) is 0. The van der Waals surface area contributed by atoms with Crippen molar-refractivity contribution in [2.75, 3.05) is 4.90 Å². The van der Waals surface area contributed by atoms with Gasteiger partial charge >= 0.3 is 0 Å². The van der Waals surface area contributed by atoms with Crippen LogP contribution in [0, 0.1) is 0 Å². The number of fused-ring (bicyclic) bond motifs is 17. The van der Waals surface area contributed by atoms with Gasteiger partial charge in [0.1, 0.15) is 11.2 Å². The highest BCUT2D eigenvalue weighted by Crippen LogP contribution is 2.63. The fourth-order valence-electron chi connectivity index (χ4n) is 12.3. The zero-order chi connectivity index (χ0) is 45.2. The third-order valence-electron chi connectivity index (χ3n) is 15.2. The molecule has 0 unspecified atom stereocenters. The average molecular weight is 876 g/mol. The van der Waals surface area contributed by atoms with Crippen LogP contribution in [0.15, 0.2) is 253 Å². The van der Waals surface area contributed by atoms with Gasteiger partial charge < -0.3 is 9.32 Å². The fourth-order valence-corrected chi connectivity index (χ4v) is 12.3. The highest BCUT2D eigenvalue weighted by molar-refractivity contribution is 6.14. The maximum absolute atomic E-state index is 6.52. The van der Waals surface area contributed by atoms with E-state index in [9.17, 15) is 0 Å². The molecule has 69 heavy (non-hydrogen) atoms. The summed E-state index contributed by atoms with van der Waals surface area (Å²) < 4.78 is 6.52. The first-order valence-corrected chi connectivity index (χ1v) is 23.9. The number of anilines is 3. The number of hydrogen-bond acceptors (Lipinski definition) is 2. The first kappa shape index (κ1) is 38.2. The molecule has 320 valence electrons. The molecule has 15 rings (SSSR count). The van der Waals surface area contributed by atoms with Crippen LogP contribution in [-0.4, -0.2) is 0 Å². The van der Waals surface area contributed by atoms with Gasteiger partial charge in [0.2, 0.25) is 0 Å². The zero-order valence-corrected chi connectivity index (χ0v) is 37.5. The van der Waals surface area contributed by atoms with Crippen molar-refractivity contribution in [1.82, 2.24) is 0 Å². The summed E-state index contributed by atoms with van der Waals surface area (Å²) >= 11 is 0. The van der Waals surface area contributed by atoms with Crippen LogP contribution < -0.4 is 4.90 Å². The van der Waals surface area contributed by atoms with Gasteiger partial charge in [0.15, 0.2) is 0 Å². The Morgan fingerprint density at radius 3 is 1.51 bits per heavy atom. The van der Waals surface area contributed by atoms with Gasteiger partial charge in [-0.2, -0.15) is 0 Å². The van der Waals surface area contributed by atoms with Crippen molar-refractivity contribution < 1.29 is 4.42 Å². The predicted octanol–water partition coefficient (Wildman–Crippen LogP) is 18.2. The van der Waals surface area contributed by atoms with E-state index in [-0.39, 0.29) is 0 Å². The third kappa shape index (κ3) is 5.43. The summed E-state index contributed by atoms with van der Waals surface area (Å²) in [6.07, 6.45) is 0. The molecule has 13 aromatic rings. The quantitative estimate of drug-likeness (QED) is 0.160. The molecule has 2 aliphatic rings. The lowest BCUT2D eigenvalue weighted by molar-refractivity contribution is 0.669. The Bertz CT molecular complexity index is 4210. The fraction of sp³-hybridized carbons (Fsp3) is 0.0149. The summed E-state index contributed by atoms with van der Waals surface area (Å²) in [5, 5.41) is 9.64. The minimum Gasteiger partial charge on any atom is -0.456 e. The second kappa shape index (κ2) is 14.5. The minimum absolute atomic E-state index is 0.473. The van der Waals surface area contributed by atoms with E-state index < -0.39 is 5.41 Å². The first-order chi connectivity index (χ1) is 34.2. The van der Waals surface area contributed by atoms with Crippen molar-refractivity contribution >= 4 is 71.3 Å². The molecule has 0 saturated carbocycles. The maximum Gasteiger partial charge on any atom is 0.136 e. The number of hydrogen-bond donors (Lipinski definition) is 0. The van der Waals surface area contributed by atoms with Gasteiger partial charge in [-0.1, -0.05) is 188 Å². The lowest BCUT2D eigenvalue weighted by Crippen LogP contribution is -2.26. The van der Waals surface area contributed by atoms with Crippen molar-refractivity contribution in [3.8, 4) is 44.5 Å². The number of furan rings is 1. The van der Waals surface area contributed by atoms with Crippen LogP contribution >= 0.6 is 0 Å². The summed E-state index contributed by atoms with van der Waals surface area (Å²) in [7, 11) is 0. The monoisotopic (exact) mass is 875 g/mol. The summed E-state index contributed by atoms with van der Waals surface area (Å²) in [6, 6.07) is 92.0. The van der Waals surface area contributed by atoms with Crippen LogP contribution in [0.2, 0.25) is 0 Å². The molecule has 0 atom stereocenters. The molecule has 0 fully saturated rings. The molecule has 0 N–H and O–H groups in total. The van der Waals surface area contributed by atoms with E-state index >= 15 is 0 Å². The standard InChI is InChI=1S/C67H41NO/c1-2-16-44-40-66-59(37-43(44)15-1)58-39-46(31-36-65(58)69-66)50-19-10-14-28-64(50)68(47-32-29-42(30-33-47)57-38-45-17-3-4-18-49(45)51-20-5-6-21-52(51)57)48-34-35-56-55-24-9-13-27-62(55)67(63(56)41-48)60-25-11-7-22-53(60)54-23-8-12-26-61(54)67/h1-41H. The second-order valence-corrected chi connectivity index (χ2v) is 18.7. The highest BCUT2D eigenvalue weighted by atomic mass is 16.3. The van der Waals surface area contributed by atoms with Crippen molar-refractivity contribution in [1.29, 1.82) is 0 Å². The Labute approximate surface area is 399 Å². The van der Waals surface area contributed by atoms with E-state index in [0.29, 0.717) is 0 Å². The van der Waals surface area contributed by atoms with Crippen LogP contribution in [-0.2, 0) is 5.41 Å². The van der Waals surface area contributed by atoms with Gasteiger partial charge in [-0.05, 0) is 154 Å². The number of nitrogens with zero attached hydrogens (tertiary/aromatic N) is 1. The van der Waals surface area contributed by atoms with E-state index in [2.05, 4.69) is 254 Å². The molecule has 12 aromatic carbocycles. The average Bonchev–Trinajstić information content (AvgIpc) is 4.03. The zero-order valence-electron chi connectivity index (χ0n) is 37.5. The molecule has 2 aliphatic carbocycles. The van der Waals surface area contributed by atoms with Crippen LogP contribution in [0.5, 0.6) is 0 Å². The molecule has 1 spiro atoms. The van der Waals surface area contributed by atoms with Gasteiger partial charge in [-0.25, -0.2) is 0 Å². The molecule has 2 nitrogen and oxygen atoms in total. The second-order valence-electron chi connectivity index (χ2n) is 18.7. The van der Waals surface area contributed by atoms with Crippen LogP contribution in [0.25, 0.3) is 98.8 Å². The van der Waals surface area contributed by atoms with Crippen molar-refractivity contribution in [2.45, 2.75) is 5.41 Å². The van der Waals surface area contributed by atoms with Gasteiger partial charge in [0.05, 0.1) is 11.1 Å². The lowest BCUT2D eigenvalue weighted by Gasteiger charge is -2.32. The Kier molecular flexibility index (Phi) is 8.02. The van der Waals surface area contributed by atoms with Crippen molar-refractivity contribution in [2.24, 2.45) is 0 Å². The summed E-state index contributed by atoms with van der Waals surface area (Å²) in [4.78, 5) is 2.48. The largest absolute Gasteiger partial charge is 0.456 e. The van der Waals surface area contributed by atoms with E-state index in [4.69, 9.17) is 4.42 Å². The molecule has 1 heterocycles. The molecule has 2 heteroatoms. The van der Waals surface area contributed by atoms with Crippen LogP contribution in [0.4, 0.5) is 17.1 Å². The van der Waals surface area contributed by atoms with E-state index in [1.165, 1.54) is 88.0 Å². The first-order valence-electron chi connectivity index (χ1n) is 23.9. The Morgan fingerprint density at radius 2 is 0.797 bits per heavy atom. The number of benzene rings is 12. The molecule has 0 saturated heterocycles. The van der Waals surface area contributed by atoms with Crippen molar-refractivity contribution in [3.05, 3.63) is 271 Å². The van der Waals surface area contributed by atoms with E-state index in [0.717, 1.165) is 50.1 Å². The Hall–Kier alpha value is -8.98. The topological polar surface area (TPSA) is 16.4 Å². The SMILES string of the molecule is c1ccc(N(c2ccc(-c3cc4ccccc4c4ccccc34)cc2)c2ccc3c(c2)C2(c4ccccc4-c4ccccc42)c2ccccc2-3)c(-c2ccc3oc4cc5ccccc5cc4c3c2)c1. The molecule has 0 bridgehead atoms. The lowest BCUT2D eigenvalue weighted by atomic mass is 9.70. The van der Waals surface area contributed by atoms with Gasteiger partial charge in [0, 0.05) is 27.7 Å². The van der Waals surface area contributed by atoms with Gasteiger partial charge in [0.25, 0.3) is 0 Å². The van der Waals surface area contributed by atoms with Crippen LogP contribution in [0.3, 0.4) is 0 Å². The maximum atomic E-state index is 6.52. The smallest absolute Gasteiger partial charge is 0.136 e. The predicted molar refractivity (Wildman–Crippen MR) is 288 cm³/mol.